The predicted octanol–water partition coefficient (Wildman–Crippen LogP) is -0.901. The van der Waals surface area contributed by atoms with E-state index in [1.165, 1.54) is 0 Å². The largest absolute Gasteiger partial charge is 1.00 e. The first kappa shape index (κ1) is 14.2. The molecule has 0 bridgehead atoms. The summed E-state index contributed by atoms with van der Waals surface area (Å²) in [7, 11) is 0. The molecule has 56 valence electrons. The van der Waals surface area contributed by atoms with Gasteiger partial charge in [0.15, 0.2) is 0 Å². The van der Waals surface area contributed by atoms with Crippen molar-refractivity contribution in [2.45, 2.75) is 20.8 Å². The average Bonchev–Trinajstić information content (AvgIpc) is 2.00. The number of benzene rings is 1. The van der Waals surface area contributed by atoms with E-state index in [0.717, 1.165) is 5.56 Å². The molecule has 0 saturated carbocycles. The van der Waals surface area contributed by atoms with Crippen molar-refractivity contribution < 1.29 is 56.5 Å². The molecule has 0 aromatic heterocycles. The molecule has 2 heteroatoms. The molecule has 0 heterocycles. The van der Waals surface area contributed by atoms with Gasteiger partial charge in [-0.3, -0.25) is 0 Å². The maximum Gasteiger partial charge on any atom is 1.00 e. The summed E-state index contributed by atoms with van der Waals surface area (Å²) >= 11 is 0. The van der Waals surface area contributed by atoms with Gasteiger partial charge in [-0.25, -0.2) is 0 Å². The van der Waals surface area contributed by atoms with Crippen molar-refractivity contribution in [3.63, 3.8) is 0 Å². The van der Waals surface area contributed by atoms with E-state index in [4.69, 9.17) is 0 Å². The molecule has 0 unspecified atom stereocenters. The van der Waals surface area contributed by atoms with E-state index in [1.807, 2.05) is 32.9 Å². The maximum atomic E-state index is 10.4. The zero-order valence-electron chi connectivity index (χ0n) is 7.72. The molecule has 0 N–H and O–H groups in total. The first-order valence-electron chi connectivity index (χ1n) is 3.53. The van der Waals surface area contributed by atoms with Crippen LogP contribution >= 0.6 is 0 Å². The van der Waals surface area contributed by atoms with E-state index in [-0.39, 0.29) is 57.1 Å². The second-order valence-corrected chi connectivity index (χ2v) is 1.81. The van der Waals surface area contributed by atoms with E-state index >= 15 is 0 Å². The van der Waals surface area contributed by atoms with Crippen molar-refractivity contribution in [1.82, 2.24) is 0 Å². The van der Waals surface area contributed by atoms with Gasteiger partial charge in [-0.2, -0.15) is 0 Å². The molecule has 0 aliphatic heterocycles. The van der Waals surface area contributed by atoms with Crippen LogP contribution in [0.2, 0.25) is 0 Å². The summed E-state index contributed by atoms with van der Waals surface area (Å²) in [6.45, 7) is 5.96. The summed E-state index contributed by atoms with van der Waals surface area (Å²) in [6.07, 6.45) is 0. The summed E-state index contributed by atoms with van der Waals surface area (Å²) in [6, 6.07) is 6.75. The Kier molecular flexibility index (Phi) is 11.3. The standard InChI is InChI=1S/C7H8O.C2H6.K/c1-6-2-4-7(8)5-3-6;1-2;/h2-5,8H,1H3;1-2H3;/q;;+1/p-1. The van der Waals surface area contributed by atoms with Crippen LogP contribution in [0.15, 0.2) is 24.3 Å². The molecule has 0 atom stereocenters. The molecule has 1 aromatic rings. The Balaban J connectivity index is 0. The Morgan fingerprint density at radius 3 is 1.64 bits per heavy atom. The molecule has 0 aliphatic carbocycles. The molecule has 0 radical (unpaired) electrons. The van der Waals surface area contributed by atoms with Gasteiger partial charge in [0.2, 0.25) is 0 Å². The smallest absolute Gasteiger partial charge is 0.872 e. The number of hydrogen-bond donors (Lipinski definition) is 0. The van der Waals surface area contributed by atoms with Crippen LogP contribution in [0.1, 0.15) is 19.4 Å². The van der Waals surface area contributed by atoms with Crippen LogP contribution in [0, 0.1) is 6.92 Å². The van der Waals surface area contributed by atoms with Gasteiger partial charge in [-0.15, -0.1) is 5.75 Å². The van der Waals surface area contributed by atoms with Gasteiger partial charge in [-0.1, -0.05) is 43.7 Å². The van der Waals surface area contributed by atoms with Crippen molar-refractivity contribution in [2.75, 3.05) is 0 Å². The van der Waals surface area contributed by atoms with Crippen LogP contribution in [0.3, 0.4) is 0 Å². The second-order valence-electron chi connectivity index (χ2n) is 1.81. The van der Waals surface area contributed by atoms with Crippen LogP contribution in [0.5, 0.6) is 5.75 Å². The minimum Gasteiger partial charge on any atom is -0.872 e. The number of aryl methyl sites for hydroxylation is 1. The molecule has 1 nitrogen and oxygen atoms in total. The van der Waals surface area contributed by atoms with E-state index in [0.29, 0.717) is 0 Å². The summed E-state index contributed by atoms with van der Waals surface area (Å²) in [5.74, 6) is 0.0793. The number of hydrogen-bond acceptors (Lipinski definition) is 1. The minimum absolute atomic E-state index is 0. The van der Waals surface area contributed by atoms with Crippen LogP contribution in [0.25, 0.3) is 0 Å². The van der Waals surface area contributed by atoms with Gasteiger partial charge >= 0.3 is 51.4 Å². The van der Waals surface area contributed by atoms with Crippen molar-refractivity contribution in [3.8, 4) is 5.75 Å². The van der Waals surface area contributed by atoms with Crippen LogP contribution < -0.4 is 56.5 Å². The summed E-state index contributed by atoms with van der Waals surface area (Å²) < 4.78 is 0. The van der Waals surface area contributed by atoms with Gasteiger partial charge in [0.05, 0.1) is 0 Å². The Morgan fingerprint density at radius 2 is 1.36 bits per heavy atom. The van der Waals surface area contributed by atoms with E-state index in [1.54, 1.807) is 12.1 Å². The summed E-state index contributed by atoms with van der Waals surface area (Å²) in [4.78, 5) is 0. The first-order chi connectivity index (χ1) is 4.79. The van der Waals surface area contributed by atoms with E-state index in [9.17, 15) is 5.11 Å². The van der Waals surface area contributed by atoms with Crippen LogP contribution in [0.4, 0.5) is 0 Å². The van der Waals surface area contributed by atoms with Crippen LogP contribution in [-0.2, 0) is 0 Å². The Labute approximate surface area is 111 Å². The molecule has 0 spiro atoms. The molecule has 0 fully saturated rings. The van der Waals surface area contributed by atoms with Gasteiger partial charge in [0.1, 0.15) is 0 Å². The third kappa shape index (κ3) is 7.03. The molecule has 0 saturated heterocycles. The van der Waals surface area contributed by atoms with Crippen LogP contribution in [-0.4, -0.2) is 0 Å². The van der Waals surface area contributed by atoms with E-state index in [2.05, 4.69) is 0 Å². The fraction of sp³-hybridized carbons (Fsp3) is 0.333. The van der Waals surface area contributed by atoms with Gasteiger partial charge < -0.3 is 5.11 Å². The minimum atomic E-state index is 0. The molecule has 1 aromatic carbocycles. The fourth-order valence-electron chi connectivity index (χ4n) is 0.538. The third-order valence-corrected chi connectivity index (χ3v) is 1.02. The normalized spacial score (nSPS) is 7.18. The average molecular weight is 176 g/mol. The van der Waals surface area contributed by atoms with Gasteiger partial charge in [0.25, 0.3) is 0 Å². The maximum absolute atomic E-state index is 10.4. The SMILES string of the molecule is CC.Cc1ccc([O-])cc1.[K+]. The molecular formula is C9H13KO. The van der Waals surface area contributed by atoms with Crippen molar-refractivity contribution in [3.05, 3.63) is 29.8 Å². The molecule has 11 heavy (non-hydrogen) atoms. The summed E-state index contributed by atoms with van der Waals surface area (Å²) in [5.41, 5.74) is 1.13. The molecular weight excluding hydrogens is 163 g/mol. The fourth-order valence-corrected chi connectivity index (χ4v) is 0.538. The van der Waals surface area contributed by atoms with Gasteiger partial charge in [0, 0.05) is 0 Å². The third-order valence-electron chi connectivity index (χ3n) is 1.02. The summed E-state index contributed by atoms with van der Waals surface area (Å²) in [5, 5.41) is 10.4. The van der Waals surface area contributed by atoms with Crippen molar-refractivity contribution >= 4 is 0 Å². The molecule has 1 rings (SSSR count). The second kappa shape index (κ2) is 8.75. The Hall–Kier alpha value is 0.656. The van der Waals surface area contributed by atoms with Crippen molar-refractivity contribution in [2.24, 2.45) is 0 Å². The Bertz CT molecular complexity index is 148. The Morgan fingerprint density at radius 1 is 1.00 bits per heavy atom. The van der Waals surface area contributed by atoms with E-state index < -0.39 is 0 Å². The topological polar surface area (TPSA) is 23.1 Å². The monoisotopic (exact) mass is 176 g/mol. The predicted molar refractivity (Wildman–Crippen MR) is 42.0 cm³/mol. The first-order valence-corrected chi connectivity index (χ1v) is 3.53. The molecule has 0 aliphatic rings. The molecule has 0 amide bonds. The zero-order chi connectivity index (χ0) is 7.98. The zero-order valence-corrected chi connectivity index (χ0v) is 10.8. The van der Waals surface area contributed by atoms with Crippen molar-refractivity contribution in [1.29, 1.82) is 0 Å². The quantitative estimate of drug-likeness (QED) is 0.470. The van der Waals surface area contributed by atoms with Gasteiger partial charge in [-0.05, 0) is 6.92 Å². The number of rotatable bonds is 0.